The monoisotopic (exact) mass is 286 g/mol. The van der Waals surface area contributed by atoms with Crippen molar-refractivity contribution < 1.29 is 17.2 Å². The third-order valence-corrected chi connectivity index (χ3v) is 2.66. The Hall–Kier alpha value is -0.760. The highest BCUT2D eigenvalue weighted by Gasteiger charge is 2.23. The maximum atomic E-state index is 11.9. The molecule has 0 aromatic carbocycles. The van der Waals surface area contributed by atoms with Crippen molar-refractivity contribution in [1.82, 2.24) is 4.98 Å². The lowest BCUT2D eigenvalue weighted by molar-refractivity contribution is 0.236. The third-order valence-electron chi connectivity index (χ3n) is 1.20. The van der Waals surface area contributed by atoms with Crippen molar-refractivity contribution in [1.29, 1.82) is 0 Å². The molecule has 0 saturated heterocycles. The van der Waals surface area contributed by atoms with Gasteiger partial charge in [0.25, 0.3) is 10.0 Å². The first kappa shape index (κ1) is 11.3. The molecule has 0 bridgehead atoms. The van der Waals surface area contributed by atoms with E-state index in [1.807, 2.05) is 0 Å². The number of aromatic nitrogens is 1. The Morgan fingerprint density at radius 2 is 2.14 bits per heavy atom. The molecule has 0 fully saturated rings. The van der Waals surface area contributed by atoms with E-state index in [0.29, 0.717) is 4.47 Å². The number of alkyl halides is 2. The fourth-order valence-electron chi connectivity index (χ4n) is 0.651. The Morgan fingerprint density at radius 3 is 2.64 bits per heavy atom. The molecule has 4 nitrogen and oxygen atoms in total. The fraction of sp³-hybridized carbons (Fsp3) is 0.167. The standard InChI is InChI=1S/C6H5BrF2N2O2S/c7-4-1-2-10-5(3-4)11-14(12,13)6(8)9/h1-3,6H,(H,10,11). The van der Waals surface area contributed by atoms with Gasteiger partial charge >= 0.3 is 5.76 Å². The first-order chi connectivity index (χ1) is 6.42. The summed E-state index contributed by atoms with van der Waals surface area (Å²) in [6.07, 6.45) is 1.29. The molecule has 1 heterocycles. The van der Waals surface area contributed by atoms with Crippen molar-refractivity contribution in [2.75, 3.05) is 4.72 Å². The minimum Gasteiger partial charge on any atom is -0.263 e. The van der Waals surface area contributed by atoms with E-state index in [2.05, 4.69) is 20.9 Å². The van der Waals surface area contributed by atoms with E-state index in [0.717, 1.165) is 0 Å². The van der Waals surface area contributed by atoms with Gasteiger partial charge in [0.2, 0.25) is 0 Å². The van der Waals surface area contributed by atoms with Gasteiger partial charge in [-0.3, -0.25) is 4.72 Å². The van der Waals surface area contributed by atoms with Gasteiger partial charge in [-0.25, -0.2) is 13.4 Å². The molecule has 1 rings (SSSR count). The molecule has 1 aromatic rings. The van der Waals surface area contributed by atoms with Crippen molar-refractivity contribution in [3.8, 4) is 0 Å². The van der Waals surface area contributed by atoms with Crippen LogP contribution in [0.1, 0.15) is 0 Å². The Kier molecular flexibility index (Phi) is 3.38. The van der Waals surface area contributed by atoms with Gasteiger partial charge in [0.05, 0.1) is 0 Å². The average Bonchev–Trinajstić information content (AvgIpc) is 2.02. The number of pyridine rings is 1. The minimum atomic E-state index is -4.63. The molecule has 0 aliphatic rings. The maximum absolute atomic E-state index is 11.9. The van der Waals surface area contributed by atoms with Gasteiger partial charge in [0.1, 0.15) is 5.82 Å². The summed E-state index contributed by atoms with van der Waals surface area (Å²) < 4.78 is 47.4. The van der Waals surface area contributed by atoms with E-state index >= 15 is 0 Å². The van der Waals surface area contributed by atoms with Crippen LogP contribution >= 0.6 is 15.9 Å². The second-order valence-corrected chi connectivity index (χ2v) is 4.83. The van der Waals surface area contributed by atoms with Crippen LogP contribution in [0.4, 0.5) is 14.6 Å². The van der Waals surface area contributed by atoms with Crippen molar-refractivity contribution >= 4 is 31.8 Å². The quantitative estimate of drug-likeness (QED) is 0.922. The van der Waals surface area contributed by atoms with Gasteiger partial charge in [-0.15, -0.1) is 0 Å². The zero-order chi connectivity index (χ0) is 10.8. The zero-order valence-electron chi connectivity index (χ0n) is 6.62. The molecule has 78 valence electrons. The predicted molar refractivity (Wildman–Crippen MR) is 50.5 cm³/mol. The van der Waals surface area contributed by atoms with Crippen molar-refractivity contribution in [2.45, 2.75) is 5.76 Å². The molecular formula is C6H5BrF2N2O2S. The van der Waals surface area contributed by atoms with Gasteiger partial charge in [-0.05, 0) is 12.1 Å². The Balaban J connectivity index is 2.90. The molecule has 0 atom stereocenters. The number of halogens is 3. The fourth-order valence-corrected chi connectivity index (χ4v) is 1.48. The molecule has 8 heteroatoms. The summed E-state index contributed by atoms with van der Waals surface area (Å²) in [5, 5.41) is 0. The maximum Gasteiger partial charge on any atom is 0.355 e. The molecule has 0 amide bonds. The van der Waals surface area contributed by atoms with Crippen molar-refractivity contribution in [3.05, 3.63) is 22.8 Å². The van der Waals surface area contributed by atoms with Crippen LogP contribution in [-0.2, 0) is 10.0 Å². The normalized spacial score (nSPS) is 11.7. The topological polar surface area (TPSA) is 59.1 Å². The van der Waals surface area contributed by atoms with Crippen LogP contribution < -0.4 is 4.72 Å². The molecule has 0 aliphatic carbocycles. The number of rotatable bonds is 3. The van der Waals surface area contributed by atoms with Crippen LogP contribution in [0.25, 0.3) is 0 Å². The molecule has 0 saturated carbocycles. The minimum absolute atomic E-state index is 0.153. The van der Waals surface area contributed by atoms with Gasteiger partial charge < -0.3 is 0 Å². The average molecular weight is 287 g/mol. The Bertz CT molecular complexity index is 424. The molecule has 0 unspecified atom stereocenters. The van der Waals surface area contributed by atoms with Crippen molar-refractivity contribution in [2.24, 2.45) is 0 Å². The summed E-state index contributed by atoms with van der Waals surface area (Å²) in [7, 11) is -4.63. The number of anilines is 1. The lowest BCUT2D eigenvalue weighted by Crippen LogP contribution is -2.21. The molecule has 14 heavy (non-hydrogen) atoms. The van der Waals surface area contributed by atoms with Crippen LogP contribution in [0.3, 0.4) is 0 Å². The third kappa shape index (κ3) is 2.88. The number of nitrogens with one attached hydrogen (secondary N) is 1. The summed E-state index contributed by atoms with van der Waals surface area (Å²) in [5.41, 5.74) is 0. The van der Waals surface area contributed by atoms with Crippen LogP contribution in [0.15, 0.2) is 22.8 Å². The highest BCUT2D eigenvalue weighted by Crippen LogP contribution is 2.15. The molecule has 0 aliphatic heterocycles. The number of nitrogens with zero attached hydrogens (tertiary/aromatic N) is 1. The van der Waals surface area contributed by atoms with Gasteiger partial charge in [-0.1, -0.05) is 15.9 Å². The SMILES string of the molecule is O=S(=O)(Nc1cc(Br)ccn1)C(F)F. The summed E-state index contributed by atoms with van der Waals surface area (Å²) >= 11 is 3.04. The largest absolute Gasteiger partial charge is 0.355 e. The molecule has 1 aromatic heterocycles. The number of sulfonamides is 1. The van der Waals surface area contributed by atoms with Gasteiger partial charge in [0, 0.05) is 10.7 Å². The number of hydrogen-bond acceptors (Lipinski definition) is 3. The Morgan fingerprint density at radius 1 is 1.50 bits per heavy atom. The van der Waals surface area contributed by atoms with Crippen LogP contribution in [-0.4, -0.2) is 19.2 Å². The molecule has 1 N–H and O–H groups in total. The van der Waals surface area contributed by atoms with Gasteiger partial charge in [-0.2, -0.15) is 8.78 Å². The van der Waals surface area contributed by atoms with E-state index in [1.165, 1.54) is 12.3 Å². The highest BCUT2D eigenvalue weighted by molar-refractivity contribution is 9.10. The lowest BCUT2D eigenvalue weighted by atomic mass is 10.5. The first-order valence-electron chi connectivity index (χ1n) is 3.33. The van der Waals surface area contributed by atoms with Crippen LogP contribution in [0.2, 0.25) is 0 Å². The van der Waals surface area contributed by atoms with E-state index in [4.69, 9.17) is 0 Å². The summed E-state index contributed by atoms with van der Waals surface area (Å²) in [6.45, 7) is 0. The first-order valence-corrected chi connectivity index (χ1v) is 5.67. The molecule has 0 spiro atoms. The number of hydrogen-bond donors (Lipinski definition) is 1. The summed E-state index contributed by atoms with van der Waals surface area (Å²) in [5.74, 6) is -3.62. The molecule has 0 radical (unpaired) electrons. The predicted octanol–water partition coefficient (Wildman–Crippen LogP) is 1.81. The summed E-state index contributed by atoms with van der Waals surface area (Å²) in [6, 6.07) is 2.82. The molecular weight excluding hydrogens is 282 g/mol. The van der Waals surface area contributed by atoms with Crippen LogP contribution in [0, 0.1) is 0 Å². The second kappa shape index (κ2) is 4.18. The van der Waals surface area contributed by atoms with E-state index < -0.39 is 15.8 Å². The Labute approximate surface area is 87.5 Å². The van der Waals surface area contributed by atoms with Crippen molar-refractivity contribution in [3.63, 3.8) is 0 Å². The highest BCUT2D eigenvalue weighted by atomic mass is 79.9. The second-order valence-electron chi connectivity index (χ2n) is 2.27. The summed E-state index contributed by atoms with van der Waals surface area (Å²) in [4.78, 5) is 3.55. The van der Waals surface area contributed by atoms with Crippen LogP contribution in [0.5, 0.6) is 0 Å². The smallest absolute Gasteiger partial charge is 0.263 e. The van der Waals surface area contributed by atoms with E-state index in [-0.39, 0.29) is 5.82 Å². The van der Waals surface area contributed by atoms with Gasteiger partial charge in [0.15, 0.2) is 0 Å². The lowest BCUT2D eigenvalue weighted by Gasteiger charge is -2.05. The van der Waals surface area contributed by atoms with E-state index in [9.17, 15) is 17.2 Å². The zero-order valence-corrected chi connectivity index (χ0v) is 9.02. The van der Waals surface area contributed by atoms with E-state index in [1.54, 1.807) is 10.8 Å².